The van der Waals surface area contributed by atoms with Gasteiger partial charge in [-0.15, -0.1) is 0 Å². The van der Waals surface area contributed by atoms with Crippen LogP contribution in [-0.2, 0) is 0 Å². The van der Waals surface area contributed by atoms with Crippen LogP contribution in [0.25, 0.3) is 0 Å². The van der Waals surface area contributed by atoms with E-state index in [0.717, 1.165) is 6.42 Å². The molecular weight excluding hydrogens is 215 g/mol. The molecule has 0 aromatic heterocycles. The number of hydrogen-bond acceptors (Lipinski definition) is 2. The average molecular weight is 238 g/mol. The Balaban J connectivity index is 2.86. The van der Waals surface area contributed by atoms with Gasteiger partial charge in [0, 0.05) is 5.54 Å². The number of rotatable bonds is 3. The maximum absolute atomic E-state index is 13.2. The second-order valence-corrected chi connectivity index (χ2v) is 6.48. The lowest BCUT2D eigenvalue weighted by molar-refractivity contribution is 0.302. The number of benzene rings is 1. The third-order valence-electron chi connectivity index (χ3n) is 2.46. The second kappa shape index (κ2) is 4.55. The molecule has 1 aromatic rings. The van der Waals surface area contributed by atoms with Crippen LogP contribution < -0.4 is 11.1 Å². The fraction of sp³-hybridized carbons (Fsp3) is 0.571. The Hall–Kier alpha value is -1.25. The first-order valence-electron chi connectivity index (χ1n) is 5.92. The van der Waals surface area contributed by atoms with Crippen LogP contribution in [-0.4, -0.2) is 5.54 Å². The van der Waals surface area contributed by atoms with Crippen molar-refractivity contribution in [3.8, 4) is 0 Å². The first-order chi connectivity index (χ1) is 7.59. The average Bonchev–Trinajstić information content (AvgIpc) is 2.06. The largest absolute Gasteiger partial charge is 0.397 e. The summed E-state index contributed by atoms with van der Waals surface area (Å²) in [6, 6.07) is 4.40. The number of hydrogen-bond donors (Lipinski definition) is 2. The summed E-state index contributed by atoms with van der Waals surface area (Å²) >= 11 is 0. The van der Waals surface area contributed by atoms with Gasteiger partial charge in [-0.2, -0.15) is 0 Å². The van der Waals surface area contributed by atoms with Gasteiger partial charge in [0.15, 0.2) is 0 Å². The molecule has 0 amide bonds. The maximum atomic E-state index is 13.2. The number of nitrogen functional groups attached to an aromatic ring is 1. The predicted octanol–water partition coefficient (Wildman–Crippen LogP) is 4.03. The summed E-state index contributed by atoms with van der Waals surface area (Å²) < 4.78 is 13.2. The molecular formula is C14H23FN2. The minimum atomic E-state index is -0.270. The highest BCUT2D eigenvalue weighted by atomic mass is 19.1. The maximum Gasteiger partial charge on any atom is 0.125 e. The monoisotopic (exact) mass is 238 g/mol. The Bertz CT molecular complexity index is 392. The molecule has 96 valence electrons. The minimum Gasteiger partial charge on any atom is -0.397 e. The molecule has 0 radical (unpaired) electrons. The van der Waals surface area contributed by atoms with Gasteiger partial charge in [0.05, 0.1) is 11.4 Å². The molecule has 0 heterocycles. The summed E-state index contributed by atoms with van der Waals surface area (Å²) in [5.41, 5.74) is 7.16. The second-order valence-electron chi connectivity index (χ2n) is 6.48. The molecule has 0 unspecified atom stereocenters. The van der Waals surface area contributed by atoms with Gasteiger partial charge in [0.25, 0.3) is 0 Å². The Labute approximate surface area is 103 Å². The molecule has 0 atom stereocenters. The zero-order valence-corrected chi connectivity index (χ0v) is 11.4. The highest BCUT2D eigenvalue weighted by molar-refractivity contribution is 5.66. The number of nitrogens with one attached hydrogen (secondary N) is 1. The molecule has 0 aliphatic rings. The van der Waals surface area contributed by atoms with Crippen LogP contribution in [0.2, 0.25) is 0 Å². The van der Waals surface area contributed by atoms with E-state index in [-0.39, 0.29) is 16.8 Å². The van der Waals surface area contributed by atoms with Crippen LogP contribution >= 0.6 is 0 Å². The van der Waals surface area contributed by atoms with Crippen LogP contribution in [0.3, 0.4) is 0 Å². The summed E-state index contributed by atoms with van der Waals surface area (Å²) in [5, 5.41) is 3.32. The fourth-order valence-corrected chi connectivity index (χ4v) is 2.37. The molecule has 0 spiro atoms. The summed E-state index contributed by atoms with van der Waals surface area (Å²) in [6.07, 6.45) is 0.968. The molecule has 2 nitrogen and oxygen atoms in total. The zero-order valence-electron chi connectivity index (χ0n) is 11.4. The van der Waals surface area contributed by atoms with Gasteiger partial charge in [0.2, 0.25) is 0 Å². The molecule has 1 aromatic carbocycles. The topological polar surface area (TPSA) is 38.0 Å². The molecule has 1 rings (SSSR count). The van der Waals surface area contributed by atoms with Crippen molar-refractivity contribution in [1.82, 2.24) is 0 Å². The smallest absolute Gasteiger partial charge is 0.125 e. The third kappa shape index (κ3) is 4.63. The van der Waals surface area contributed by atoms with E-state index >= 15 is 0 Å². The van der Waals surface area contributed by atoms with Gasteiger partial charge in [0.1, 0.15) is 5.82 Å². The first kappa shape index (κ1) is 13.8. The number of anilines is 2. The quantitative estimate of drug-likeness (QED) is 0.780. The summed E-state index contributed by atoms with van der Waals surface area (Å²) in [5.74, 6) is -0.270. The van der Waals surface area contributed by atoms with Gasteiger partial charge < -0.3 is 11.1 Å². The van der Waals surface area contributed by atoms with Crippen molar-refractivity contribution < 1.29 is 4.39 Å². The van der Waals surface area contributed by atoms with Crippen LogP contribution in [0.15, 0.2) is 18.2 Å². The lowest BCUT2D eigenvalue weighted by Crippen LogP contribution is -2.35. The molecule has 3 heteroatoms. The van der Waals surface area contributed by atoms with E-state index in [4.69, 9.17) is 5.73 Å². The summed E-state index contributed by atoms with van der Waals surface area (Å²) in [7, 11) is 0. The van der Waals surface area contributed by atoms with Crippen molar-refractivity contribution in [1.29, 1.82) is 0 Å². The Morgan fingerprint density at radius 1 is 1.18 bits per heavy atom. The fourth-order valence-electron chi connectivity index (χ4n) is 2.37. The van der Waals surface area contributed by atoms with Gasteiger partial charge in [-0.1, -0.05) is 20.8 Å². The summed E-state index contributed by atoms with van der Waals surface area (Å²) in [6.45, 7) is 10.8. The van der Waals surface area contributed by atoms with E-state index in [0.29, 0.717) is 11.4 Å². The molecule has 0 saturated carbocycles. The van der Waals surface area contributed by atoms with Gasteiger partial charge in [-0.3, -0.25) is 0 Å². The molecule has 0 aliphatic heterocycles. The molecule has 17 heavy (non-hydrogen) atoms. The van der Waals surface area contributed by atoms with E-state index in [9.17, 15) is 4.39 Å². The highest BCUT2D eigenvalue weighted by Crippen LogP contribution is 2.31. The highest BCUT2D eigenvalue weighted by Gasteiger charge is 2.25. The third-order valence-corrected chi connectivity index (χ3v) is 2.46. The van der Waals surface area contributed by atoms with E-state index in [1.165, 1.54) is 12.1 Å². The Kier molecular flexibility index (Phi) is 3.70. The number of halogens is 1. The molecule has 0 fully saturated rings. The minimum absolute atomic E-state index is 0.125. The molecule has 0 saturated heterocycles. The van der Waals surface area contributed by atoms with E-state index < -0.39 is 0 Å². The molecule has 0 bridgehead atoms. The lowest BCUT2D eigenvalue weighted by atomic mass is 9.81. The van der Waals surface area contributed by atoms with Crippen molar-refractivity contribution in [2.75, 3.05) is 11.1 Å². The normalized spacial score (nSPS) is 12.6. The van der Waals surface area contributed by atoms with Crippen LogP contribution in [0.5, 0.6) is 0 Å². The van der Waals surface area contributed by atoms with E-state index in [2.05, 4.69) is 39.9 Å². The van der Waals surface area contributed by atoms with Gasteiger partial charge >= 0.3 is 0 Å². The Morgan fingerprint density at radius 3 is 2.29 bits per heavy atom. The molecule has 0 aliphatic carbocycles. The summed E-state index contributed by atoms with van der Waals surface area (Å²) in [4.78, 5) is 0. The van der Waals surface area contributed by atoms with Crippen molar-refractivity contribution in [2.24, 2.45) is 5.41 Å². The van der Waals surface area contributed by atoms with Crippen molar-refractivity contribution in [3.05, 3.63) is 24.0 Å². The molecule has 3 N–H and O–H groups in total. The SMILES string of the molecule is CC(C)(C)CC(C)(C)Nc1cc(F)ccc1N. The van der Waals surface area contributed by atoms with Crippen molar-refractivity contribution >= 4 is 11.4 Å². The van der Waals surface area contributed by atoms with Crippen molar-refractivity contribution in [3.63, 3.8) is 0 Å². The first-order valence-corrected chi connectivity index (χ1v) is 5.92. The van der Waals surface area contributed by atoms with Gasteiger partial charge in [-0.05, 0) is 43.9 Å². The van der Waals surface area contributed by atoms with Crippen LogP contribution in [0.4, 0.5) is 15.8 Å². The number of nitrogens with two attached hydrogens (primary N) is 1. The predicted molar refractivity (Wildman–Crippen MR) is 72.6 cm³/mol. The Morgan fingerprint density at radius 2 is 1.76 bits per heavy atom. The van der Waals surface area contributed by atoms with Crippen LogP contribution in [0.1, 0.15) is 41.0 Å². The lowest BCUT2D eigenvalue weighted by Gasteiger charge is -2.34. The zero-order chi connectivity index (χ0) is 13.3. The van der Waals surface area contributed by atoms with Gasteiger partial charge in [-0.25, -0.2) is 4.39 Å². The van der Waals surface area contributed by atoms with Crippen molar-refractivity contribution in [2.45, 2.75) is 46.6 Å². The van der Waals surface area contributed by atoms with Crippen LogP contribution in [0, 0.1) is 11.2 Å². The standard InChI is InChI=1S/C14H23FN2/c1-13(2,3)9-14(4,5)17-12-8-10(15)6-7-11(12)16/h6-8,17H,9,16H2,1-5H3. The van der Waals surface area contributed by atoms with E-state index in [1.54, 1.807) is 6.07 Å². The van der Waals surface area contributed by atoms with E-state index in [1.807, 2.05) is 0 Å².